The van der Waals surface area contributed by atoms with E-state index in [9.17, 15) is 0 Å². The van der Waals surface area contributed by atoms with Crippen LogP contribution in [0, 0.1) is 5.92 Å². The fourth-order valence-corrected chi connectivity index (χ4v) is 2.34. The molecular weight excluding hydrogens is 186 g/mol. The number of anilines is 1. The molecule has 0 radical (unpaired) electrons. The second-order valence-electron chi connectivity index (χ2n) is 4.70. The van der Waals surface area contributed by atoms with Crippen LogP contribution in [0.1, 0.15) is 26.0 Å². The average molecular weight is 205 g/mol. The van der Waals surface area contributed by atoms with Gasteiger partial charge in [0.05, 0.1) is 17.6 Å². The highest BCUT2D eigenvalue weighted by Crippen LogP contribution is 2.23. The number of nitrogen functional groups attached to an aromatic ring is 1. The minimum Gasteiger partial charge on any atom is -0.397 e. The van der Waals surface area contributed by atoms with Crippen molar-refractivity contribution >= 4 is 5.69 Å². The fourth-order valence-electron chi connectivity index (χ4n) is 2.34. The van der Waals surface area contributed by atoms with Crippen LogP contribution in [0.2, 0.25) is 0 Å². The van der Waals surface area contributed by atoms with E-state index in [2.05, 4.69) is 23.7 Å². The molecular formula is C12H19N3. The number of likely N-dealkylation sites (tertiary alicyclic amines) is 1. The molecule has 2 N–H and O–H groups in total. The lowest BCUT2D eigenvalue weighted by Crippen LogP contribution is -2.26. The Morgan fingerprint density at radius 2 is 2.27 bits per heavy atom. The fraction of sp³-hybridized carbons (Fsp3) is 0.583. The quantitative estimate of drug-likeness (QED) is 0.801. The van der Waals surface area contributed by atoms with Gasteiger partial charge in [0.25, 0.3) is 0 Å². The topological polar surface area (TPSA) is 42.1 Å². The molecule has 1 saturated heterocycles. The molecule has 1 aliphatic rings. The molecule has 0 saturated carbocycles. The number of nitrogens with two attached hydrogens (primary N) is 1. The van der Waals surface area contributed by atoms with Crippen LogP contribution in [-0.2, 0) is 6.54 Å². The van der Waals surface area contributed by atoms with Crippen LogP contribution in [0.4, 0.5) is 5.69 Å². The van der Waals surface area contributed by atoms with Gasteiger partial charge in [0.2, 0.25) is 0 Å². The van der Waals surface area contributed by atoms with Crippen LogP contribution in [0.25, 0.3) is 0 Å². The number of rotatable bonds is 2. The smallest absolute Gasteiger partial charge is 0.0545 e. The molecule has 0 aromatic carbocycles. The number of nitrogens with zero attached hydrogens (tertiary/aromatic N) is 2. The van der Waals surface area contributed by atoms with Crippen LogP contribution >= 0.6 is 0 Å². The average Bonchev–Trinajstić information content (AvgIpc) is 2.49. The molecule has 3 nitrogen and oxygen atoms in total. The van der Waals surface area contributed by atoms with E-state index in [-0.39, 0.29) is 0 Å². The summed E-state index contributed by atoms with van der Waals surface area (Å²) in [6, 6.07) is 4.62. The molecule has 2 atom stereocenters. The third kappa shape index (κ3) is 2.48. The summed E-state index contributed by atoms with van der Waals surface area (Å²) in [5.74, 6) is 0.814. The first kappa shape index (κ1) is 10.4. The third-order valence-electron chi connectivity index (χ3n) is 3.13. The van der Waals surface area contributed by atoms with E-state index in [0.717, 1.165) is 23.8 Å². The molecule has 1 fully saturated rings. The highest BCUT2D eigenvalue weighted by atomic mass is 15.2. The lowest BCUT2D eigenvalue weighted by atomic mass is 10.1. The lowest BCUT2D eigenvalue weighted by molar-refractivity contribution is 0.253. The van der Waals surface area contributed by atoms with E-state index in [0.29, 0.717) is 6.04 Å². The molecule has 0 spiro atoms. The van der Waals surface area contributed by atoms with Crippen molar-refractivity contribution in [1.82, 2.24) is 9.88 Å². The molecule has 15 heavy (non-hydrogen) atoms. The van der Waals surface area contributed by atoms with Crippen molar-refractivity contribution in [2.45, 2.75) is 32.9 Å². The van der Waals surface area contributed by atoms with Crippen LogP contribution in [0.3, 0.4) is 0 Å². The molecule has 3 heteroatoms. The van der Waals surface area contributed by atoms with E-state index >= 15 is 0 Å². The minimum atomic E-state index is 0.680. The molecule has 0 aliphatic carbocycles. The number of hydrogen-bond donors (Lipinski definition) is 1. The molecule has 1 aliphatic heterocycles. The molecule has 1 aromatic rings. The Labute approximate surface area is 91.3 Å². The summed E-state index contributed by atoms with van der Waals surface area (Å²) in [6.45, 7) is 6.74. The van der Waals surface area contributed by atoms with Gasteiger partial charge in [-0.2, -0.15) is 0 Å². The molecule has 2 rings (SSSR count). The van der Waals surface area contributed by atoms with Crippen molar-refractivity contribution in [3.63, 3.8) is 0 Å². The Bertz CT molecular complexity index is 320. The predicted molar refractivity (Wildman–Crippen MR) is 62.3 cm³/mol. The Hall–Kier alpha value is -1.09. The third-order valence-corrected chi connectivity index (χ3v) is 3.13. The Kier molecular flexibility index (Phi) is 2.91. The second-order valence-corrected chi connectivity index (χ2v) is 4.70. The molecule has 2 unspecified atom stereocenters. The lowest BCUT2D eigenvalue weighted by Gasteiger charge is -2.20. The Morgan fingerprint density at radius 3 is 2.80 bits per heavy atom. The Morgan fingerprint density at radius 1 is 1.47 bits per heavy atom. The molecule has 2 heterocycles. The molecule has 82 valence electrons. The van der Waals surface area contributed by atoms with E-state index < -0.39 is 0 Å². The number of hydrogen-bond acceptors (Lipinski definition) is 3. The summed E-state index contributed by atoms with van der Waals surface area (Å²) in [5, 5.41) is 0. The Balaban J connectivity index is 2.00. The van der Waals surface area contributed by atoms with E-state index in [4.69, 9.17) is 5.73 Å². The maximum atomic E-state index is 5.61. The zero-order chi connectivity index (χ0) is 10.8. The van der Waals surface area contributed by atoms with Crippen molar-refractivity contribution in [1.29, 1.82) is 0 Å². The van der Waals surface area contributed by atoms with Gasteiger partial charge in [0.15, 0.2) is 0 Å². The molecule has 1 aromatic heterocycles. The zero-order valence-electron chi connectivity index (χ0n) is 9.48. The molecule has 0 bridgehead atoms. The van der Waals surface area contributed by atoms with Crippen LogP contribution in [-0.4, -0.2) is 22.5 Å². The largest absolute Gasteiger partial charge is 0.397 e. The highest BCUT2D eigenvalue weighted by molar-refractivity contribution is 5.34. The van der Waals surface area contributed by atoms with Gasteiger partial charge in [-0.1, -0.05) is 6.92 Å². The second kappa shape index (κ2) is 4.19. The van der Waals surface area contributed by atoms with Crippen molar-refractivity contribution in [2.24, 2.45) is 5.92 Å². The van der Waals surface area contributed by atoms with Gasteiger partial charge in [-0.15, -0.1) is 0 Å². The standard InChI is InChI=1S/C12H19N3/c1-9-5-10(2)15(7-9)8-12-4-3-11(13)6-14-12/h3-4,6,9-10H,5,7-8,13H2,1-2H3. The van der Waals surface area contributed by atoms with Gasteiger partial charge in [-0.05, 0) is 31.4 Å². The minimum absolute atomic E-state index is 0.680. The van der Waals surface area contributed by atoms with Crippen molar-refractivity contribution < 1.29 is 0 Å². The van der Waals surface area contributed by atoms with Gasteiger partial charge in [-0.25, -0.2) is 0 Å². The van der Waals surface area contributed by atoms with Crippen LogP contribution in [0.15, 0.2) is 18.3 Å². The van der Waals surface area contributed by atoms with Crippen molar-refractivity contribution in [3.8, 4) is 0 Å². The monoisotopic (exact) mass is 205 g/mol. The zero-order valence-corrected chi connectivity index (χ0v) is 9.48. The van der Waals surface area contributed by atoms with Gasteiger partial charge in [0, 0.05) is 19.1 Å². The van der Waals surface area contributed by atoms with Crippen LogP contribution < -0.4 is 5.73 Å². The van der Waals surface area contributed by atoms with Gasteiger partial charge in [-0.3, -0.25) is 9.88 Å². The summed E-state index contributed by atoms with van der Waals surface area (Å²) in [7, 11) is 0. The summed E-state index contributed by atoms with van der Waals surface area (Å²) >= 11 is 0. The number of aromatic nitrogens is 1. The summed E-state index contributed by atoms with van der Waals surface area (Å²) in [6.07, 6.45) is 3.04. The molecule has 0 amide bonds. The SMILES string of the molecule is CC1CC(C)N(Cc2ccc(N)cn2)C1. The maximum absolute atomic E-state index is 5.61. The first-order chi connectivity index (χ1) is 7.15. The van der Waals surface area contributed by atoms with Crippen LogP contribution in [0.5, 0.6) is 0 Å². The van der Waals surface area contributed by atoms with Crippen molar-refractivity contribution in [2.75, 3.05) is 12.3 Å². The normalized spacial score (nSPS) is 27.1. The summed E-state index contributed by atoms with van der Waals surface area (Å²) in [4.78, 5) is 6.82. The van der Waals surface area contributed by atoms with Gasteiger partial charge >= 0.3 is 0 Å². The van der Waals surface area contributed by atoms with Gasteiger partial charge in [0.1, 0.15) is 0 Å². The van der Waals surface area contributed by atoms with E-state index in [1.54, 1.807) is 6.20 Å². The number of pyridine rings is 1. The van der Waals surface area contributed by atoms with Gasteiger partial charge < -0.3 is 5.73 Å². The predicted octanol–water partition coefficient (Wildman–Crippen LogP) is 1.89. The van der Waals surface area contributed by atoms with Crippen molar-refractivity contribution in [3.05, 3.63) is 24.0 Å². The van der Waals surface area contributed by atoms with E-state index in [1.165, 1.54) is 13.0 Å². The summed E-state index contributed by atoms with van der Waals surface area (Å²) in [5.41, 5.74) is 7.46. The maximum Gasteiger partial charge on any atom is 0.0545 e. The first-order valence-corrected chi connectivity index (χ1v) is 5.59. The first-order valence-electron chi connectivity index (χ1n) is 5.59. The van der Waals surface area contributed by atoms with E-state index in [1.807, 2.05) is 12.1 Å². The summed E-state index contributed by atoms with van der Waals surface area (Å²) < 4.78 is 0. The highest BCUT2D eigenvalue weighted by Gasteiger charge is 2.25.